The van der Waals surface area contributed by atoms with Crippen LogP contribution in [0.2, 0.25) is 0 Å². The lowest BCUT2D eigenvalue weighted by atomic mass is 10.0. The van der Waals surface area contributed by atoms with Crippen molar-refractivity contribution < 1.29 is 9.18 Å². The maximum absolute atomic E-state index is 13.7. The summed E-state index contributed by atoms with van der Waals surface area (Å²) in [7, 11) is 0. The maximum Gasteiger partial charge on any atom is 0.230 e. The number of nitrogens with one attached hydrogen (secondary N) is 2. The largest absolute Gasteiger partial charge is 0.323 e. The number of hydrogen-bond acceptors (Lipinski definition) is 5. The number of hydrogen-bond donors (Lipinski definition) is 2. The Morgan fingerprint density at radius 1 is 1.47 bits per heavy atom. The average molecular weight is 262 g/mol. The number of rotatable bonds is 3. The molecule has 1 fully saturated rings. The van der Waals surface area contributed by atoms with Crippen molar-refractivity contribution >= 4 is 11.6 Å². The van der Waals surface area contributed by atoms with E-state index in [1.165, 1.54) is 29.2 Å². The van der Waals surface area contributed by atoms with Gasteiger partial charge >= 0.3 is 0 Å². The fourth-order valence-corrected chi connectivity index (χ4v) is 1.74. The minimum atomic E-state index is -0.488. The lowest BCUT2D eigenvalue weighted by Crippen LogP contribution is -2.48. The molecule has 1 aliphatic rings. The zero-order valence-electron chi connectivity index (χ0n) is 9.88. The summed E-state index contributed by atoms with van der Waals surface area (Å²) in [6.45, 7) is 1.25. The van der Waals surface area contributed by atoms with E-state index in [-0.39, 0.29) is 17.5 Å². The first-order valence-electron chi connectivity index (χ1n) is 5.78. The second kappa shape index (κ2) is 4.73. The molecule has 2 N–H and O–H groups in total. The van der Waals surface area contributed by atoms with Crippen LogP contribution in [0, 0.1) is 11.7 Å². The van der Waals surface area contributed by atoms with Crippen molar-refractivity contribution in [2.75, 3.05) is 18.4 Å². The number of carbonyl (C=O) groups is 1. The normalized spacial score (nSPS) is 15.0. The van der Waals surface area contributed by atoms with E-state index in [9.17, 15) is 9.18 Å². The molecule has 1 saturated heterocycles. The number of tetrazole rings is 1. The third kappa shape index (κ3) is 2.29. The molecule has 0 unspecified atom stereocenters. The molecule has 8 heteroatoms. The molecule has 19 heavy (non-hydrogen) atoms. The second-order valence-corrected chi connectivity index (χ2v) is 4.26. The highest BCUT2D eigenvalue weighted by molar-refractivity contribution is 5.93. The first-order valence-corrected chi connectivity index (χ1v) is 5.78. The van der Waals surface area contributed by atoms with Crippen LogP contribution in [-0.4, -0.2) is 39.2 Å². The molecular weight excluding hydrogens is 251 g/mol. The quantitative estimate of drug-likeness (QED) is 0.810. The van der Waals surface area contributed by atoms with E-state index in [2.05, 4.69) is 26.2 Å². The van der Waals surface area contributed by atoms with Crippen molar-refractivity contribution in [2.45, 2.75) is 0 Å². The van der Waals surface area contributed by atoms with E-state index in [4.69, 9.17) is 0 Å². The van der Waals surface area contributed by atoms with Crippen LogP contribution in [0.1, 0.15) is 0 Å². The van der Waals surface area contributed by atoms with Crippen LogP contribution in [-0.2, 0) is 4.79 Å². The average Bonchev–Trinajstić information content (AvgIpc) is 2.83. The lowest BCUT2D eigenvalue weighted by Gasteiger charge is -2.25. The van der Waals surface area contributed by atoms with Gasteiger partial charge in [-0.2, -0.15) is 0 Å². The summed E-state index contributed by atoms with van der Waals surface area (Å²) in [4.78, 5) is 11.8. The first-order chi connectivity index (χ1) is 9.24. The molecule has 0 atom stereocenters. The highest BCUT2D eigenvalue weighted by Gasteiger charge is 2.25. The molecule has 1 aromatic carbocycles. The number of amides is 1. The van der Waals surface area contributed by atoms with E-state index in [0.717, 1.165) is 0 Å². The van der Waals surface area contributed by atoms with E-state index >= 15 is 0 Å². The zero-order chi connectivity index (χ0) is 13.2. The SMILES string of the molecule is O=C(Nc1cc(-n2cnnn2)ccc1F)C1CNC1. The van der Waals surface area contributed by atoms with Crippen LogP contribution in [0.4, 0.5) is 10.1 Å². The molecular formula is C11H11FN6O. The number of nitrogens with zero attached hydrogens (tertiary/aromatic N) is 4. The highest BCUT2D eigenvalue weighted by Crippen LogP contribution is 2.19. The van der Waals surface area contributed by atoms with Gasteiger partial charge in [0.25, 0.3) is 0 Å². The van der Waals surface area contributed by atoms with E-state index in [1.807, 2.05) is 0 Å². The second-order valence-electron chi connectivity index (χ2n) is 4.26. The van der Waals surface area contributed by atoms with Crippen molar-refractivity contribution in [3.63, 3.8) is 0 Å². The van der Waals surface area contributed by atoms with Gasteiger partial charge in [-0.3, -0.25) is 4.79 Å². The van der Waals surface area contributed by atoms with Crippen LogP contribution < -0.4 is 10.6 Å². The summed E-state index contributed by atoms with van der Waals surface area (Å²) in [5.41, 5.74) is 0.707. The van der Waals surface area contributed by atoms with Crippen molar-refractivity contribution in [3.05, 3.63) is 30.3 Å². The number of halogens is 1. The monoisotopic (exact) mass is 262 g/mol. The minimum absolute atomic E-state index is 0.101. The molecule has 1 aromatic heterocycles. The van der Waals surface area contributed by atoms with Gasteiger partial charge in [0.15, 0.2) is 0 Å². The summed E-state index contributed by atoms with van der Waals surface area (Å²) in [6, 6.07) is 4.30. The standard InChI is InChI=1S/C11H11FN6O/c12-9-2-1-8(18-6-14-16-17-18)3-10(9)15-11(19)7-4-13-5-7/h1-3,6-7,13H,4-5H2,(H,15,19). The number of benzene rings is 1. The van der Waals surface area contributed by atoms with E-state index < -0.39 is 5.82 Å². The Labute approximate surface area is 107 Å². The topological polar surface area (TPSA) is 84.7 Å². The van der Waals surface area contributed by atoms with Gasteiger partial charge in [0.05, 0.1) is 17.3 Å². The molecule has 2 heterocycles. The minimum Gasteiger partial charge on any atom is -0.323 e. The molecule has 7 nitrogen and oxygen atoms in total. The Bertz CT molecular complexity index is 595. The summed E-state index contributed by atoms with van der Waals surface area (Å²) >= 11 is 0. The summed E-state index contributed by atoms with van der Waals surface area (Å²) in [5, 5.41) is 16.3. The Morgan fingerprint density at radius 3 is 2.95 bits per heavy atom. The zero-order valence-corrected chi connectivity index (χ0v) is 9.88. The van der Waals surface area contributed by atoms with Gasteiger partial charge in [-0.05, 0) is 28.6 Å². The van der Waals surface area contributed by atoms with Crippen LogP contribution in [0.5, 0.6) is 0 Å². The molecule has 1 amide bonds. The molecule has 0 bridgehead atoms. The third-order valence-electron chi connectivity index (χ3n) is 2.97. The smallest absolute Gasteiger partial charge is 0.230 e. The molecule has 0 radical (unpaired) electrons. The third-order valence-corrected chi connectivity index (χ3v) is 2.97. The van der Waals surface area contributed by atoms with Crippen molar-refractivity contribution in [1.29, 1.82) is 0 Å². The van der Waals surface area contributed by atoms with Crippen LogP contribution in [0.3, 0.4) is 0 Å². The Morgan fingerprint density at radius 2 is 2.32 bits per heavy atom. The van der Waals surface area contributed by atoms with Gasteiger partial charge in [-0.15, -0.1) is 5.10 Å². The van der Waals surface area contributed by atoms with Crippen molar-refractivity contribution in [2.24, 2.45) is 5.92 Å². The Balaban J connectivity index is 1.83. The predicted octanol–water partition coefficient (Wildman–Crippen LogP) is -0.0407. The lowest BCUT2D eigenvalue weighted by molar-refractivity contribution is -0.121. The van der Waals surface area contributed by atoms with Crippen molar-refractivity contribution in [1.82, 2.24) is 25.5 Å². The summed E-state index contributed by atoms with van der Waals surface area (Å²) < 4.78 is 15.1. The molecule has 0 aliphatic carbocycles. The predicted molar refractivity (Wildman–Crippen MR) is 64.1 cm³/mol. The Kier molecular flexibility index (Phi) is 2.92. The van der Waals surface area contributed by atoms with Gasteiger partial charge in [0.1, 0.15) is 12.1 Å². The molecule has 0 spiro atoms. The fourth-order valence-electron chi connectivity index (χ4n) is 1.74. The first kappa shape index (κ1) is 11.7. The van der Waals surface area contributed by atoms with Crippen LogP contribution >= 0.6 is 0 Å². The number of carbonyl (C=O) groups excluding carboxylic acids is 1. The van der Waals surface area contributed by atoms with E-state index in [0.29, 0.717) is 18.8 Å². The molecule has 3 rings (SSSR count). The van der Waals surface area contributed by atoms with Gasteiger partial charge in [-0.1, -0.05) is 0 Å². The summed E-state index contributed by atoms with van der Waals surface area (Å²) in [6.07, 6.45) is 1.40. The van der Waals surface area contributed by atoms with Gasteiger partial charge in [0.2, 0.25) is 5.91 Å². The molecule has 1 aliphatic heterocycles. The van der Waals surface area contributed by atoms with Crippen LogP contribution in [0.25, 0.3) is 5.69 Å². The Hall–Kier alpha value is -2.35. The van der Waals surface area contributed by atoms with Crippen molar-refractivity contribution in [3.8, 4) is 5.69 Å². The molecule has 2 aromatic rings. The molecule has 98 valence electrons. The number of aromatic nitrogens is 4. The van der Waals surface area contributed by atoms with E-state index in [1.54, 1.807) is 0 Å². The number of anilines is 1. The van der Waals surface area contributed by atoms with Crippen LogP contribution in [0.15, 0.2) is 24.5 Å². The highest BCUT2D eigenvalue weighted by atomic mass is 19.1. The fraction of sp³-hybridized carbons (Fsp3) is 0.273. The van der Waals surface area contributed by atoms with Gasteiger partial charge < -0.3 is 10.6 Å². The molecule has 0 saturated carbocycles. The van der Waals surface area contributed by atoms with Gasteiger partial charge in [0, 0.05) is 13.1 Å². The summed E-state index contributed by atoms with van der Waals surface area (Å²) in [5.74, 6) is -0.778. The maximum atomic E-state index is 13.7. The van der Waals surface area contributed by atoms with Gasteiger partial charge in [-0.25, -0.2) is 9.07 Å².